The number of aromatic nitrogens is 1. The molecule has 0 N–H and O–H groups in total. The summed E-state index contributed by atoms with van der Waals surface area (Å²) in [5.74, 6) is 0.103. The van der Waals surface area contributed by atoms with Crippen molar-refractivity contribution in [2.45, 2.75) is 6.54 Å². The predicted octanol–water partition coefficient (Wildman–Crippen LogP) is 3.77. The van der Waals surface area contributed by atoms with Gasteiger partial charge in [-0.05, 0) is 11.5 Å². The van der Waals surface area contributed by atoms with Gasteiger partial charge in [0.05, 0.1) is 0 Å². The predicted molar refractivity (Wildman–Crippen MR) is 82.6 cm³/mol. The maximum Gasteiger partial charge on any atom is 0.248 e. The number of hydrogen-bond donors (Lipinski definition) is 0. The first kappa shape index (κ1) is 13.0. The molecule has 3 rings (SSSR count). The molecule has 1 heterocycles. The molecule has 0 fully saturated rings. The monoisotopic (exact) mass is 326 g/mol. The Morgan fingerprint density at radius 1 is 0.950 bits per heavy atom. The molecule has 0 radical (unpaired) electrons. The Labute approximate surface area is 125 Å². The lowest BCUT2D eigenvalue weighted by Gasteiger charge is -2.02. The molecule has 0 aliphatic carbocycles. The molecule has 1 aromatic heterocycles. The second kappa shape index (κ2) is 5.55. The van der Waals surface area contributed by atoms with E-state index in [0.29, 0.717) is 6.54 Å². The van der Waals surface area contributed by atoms with Crippen LogP contribution in [0.5, 0.6) is 0 Å². The van der Waals surface area contributed by atoms with Crippen LogP contribution in [-0.2, 0) is 6.54 Å². The van der Waals surface area contributed by atoms with E-state index in [-0.39, 0.29) is 5.78 Å². The van der Waals surface area contributed by atoms with Crippen molar-refractivity contribution in [1.29, 1.82) is 0 Å². The van der Waals surface area contributed by atoms with Crippen LogP contribution in [0.1, 0.15) is 10.4 Å². The SMILES string of the molecule is O=C(C[n+]1cc2ccccc2cc1Br)c1ccccc1. The average molecular weight is 327 g/mol. The summed E-state index contributed by atoms with van der Waals surface area (Å²) in [6.45, 7) is 0.329. The second-order valence-electron chi connectivity index (χ2n) is 4.64. The van der Waals surface area contributed by atoms with E-state index in [2.05, 4.69) is 22.0 Å². The number of halogens is 1. The lowest BCUT2D eigenvalue weighted by molar-refractivity contribution is -0.692. The van der Waals surface area contributed by atoms with Gasteiger partial charge in [-0.15, -0.1) is 0 Å². The number of nitrogens with zero attached hydrogens (tertiary/aromatic N) is 1. The van der Waals surface area contributed by atoms with Crippen molar-refractivity contribution >= 4 is 32.5 Å². The second-order valence-corrected chi connectivity index (χ2v) is 5.45. The van der Waals surface area contributed by atoms with Crippen molar-refractivity contribution in [3.8, 4) is 0 Å². The number of hydrogen-bond acceptors (Lipinski definition) is 1. The minimum atomic E-state index is 0.103. The lowest BCUT2D eigenvalue weighted by atomic mass is 10.1. The molecule has 2 nitrogen and oxygen atoms in total. The van der Waals surface area contributed by atoms with Crippen LogP contribution >= 0.6 is 15.9 Å². The van der Waals surface area contributed by atoms with Gasteiger partial charge in [0.2, 0.25) is 16.9 Å². The van der Waals surface area contributed by atoms with Crippen molar-refractivity contribution in [1.82, 2.24) is 0 Å². The Balaban J connectivity index is 1.95. The van der Waals surface area contributed by atoms with Crippen LogP contribution in [0.15, 0.2) is 71.5 Å². The Morgan fingerprint density at radius 2 is 1.60 bits per heavy atom. The Kier molecular flexibility index (Phi) is 3.61. The number of carbonyl (C=O) groups is 1. The molecule has 0 spiro atoms. The molecule has 0 bridgehead atoms. The third kappa shape index (κ3) is 2.63. The van der Waals surface area contributed by atoms with E-state index < -0.39 is 0 Å². The zero-order valence-corrected chi connectivity index (χ0v) is 12.4. The van der Waals surface area contributed by atoms with Crippen LogP contribution in [0.3, 0.4) is 0 Å². The summed E-state index contributed by atoms with van der Waals surface area (Å²) in [5, 5.41) is 2.28. The van der Waals surface area contributed by atoms with Crippen LogP contribution < -0.4 is 4.57 Å². The van der Waals surface area contributed by atoms with Gasteiger partial charge in [-0.3, -0.25) is 4.79 Å². The molecule has 0 aliphatic rings. The third-order valence-corrected chi connectivity index (χ3v) is 3.93. The molecule has 3 aromatic rings. The van der Waals surface area contributed by atoms with Gasteiger partial charge in [-0.1, -0.05) is 48.5 Å². The normalized spacial score (nSPS) is 10.7. The Bertz CT molecular complexity index is 768. The fourth-order valence-corrected chi connectivity index (χ4v) is 2.67. The van der Waals surface area contributed by atoms with Crippen molar-refractivity contribution < 1.29 is 9.36 Å². The molecule has 20 heavy (non-hydrogen) atoms. The quantitative estimate of drug-likeness (QED) is 0.407. The Hall–Kier alpha value is -2.00. The summed E-state index contributed by atoms with van der Waals surface area (Å²) in [5.41, 5.74) is 0.736. The van der Waals surface area contributed by atoms with Crippen LogP contribution in [-0.4, -0.2) is 5.78 Å². The highest BCUT2D eigenvalue weighted by atomic mass is 79.9. The summed E-state index contributed by atoms with van der Waals surface area (Å²) in [6.07, 6.45) is 2.00. The molecule has 0 unspecified atom stereocenters. The van der Waals surface area contributed by atoms with E-state index in [9.17, 15) is 4.79 Å². The third-order valence-electron chi connectivity index (χ3n) is 3.25. The van der Waals surface area contributed by atoms with Gasteiger partial charge >= 0.3 is 0 Å². The number of benzene rings is 2. The van der Waals surface area contributed by atoms with E-state index in [4.69, 9.17) is 0 Å². The number of Topliss-reactive ketones (excluding diaryl/α,β-unsaturated/α-hetero) is 1. The molecular formula is C17H13BrNO+. The summed E-state index contributed by atoms with van der Waals surface area (Å²) in [7, 11) is 0. The highest BCUT2D eigenvalue weighted by Crippen LogP contribution is 2.15. The van der Waals surface area contributed by atoms with E-state index >= 15 is 0 Å². The number of ketones is 1. The largest absolute Gasteiger partial charge is 0.287 e. The fourth-order valence-electron chi connectivity index (χ4n) is 2.19. The van der Waals surface area contributed by atoms with Crippen LogP contribution in [0.25, 0.3) is 10.8 Å². The molecule has 0 saturated carbocycles. The van der Waals surface area contributed by atoms with Crippen LogP contribution in [0.2, 0.25) is 0 Å². The zero-order chi connectivity index (χ0) is 13.9. The first-order valence-electron chi connectivity index (χ1n) is 6.40. The number of fused-ring (bicyclic) bond motifs is 1. The van der Waals surface area contributed by atoms with Crippen molar-refractivity contribution in [3.63, 3.8) is 0 Å². The maximum atomic E-state index is 12.3. The van der Waals surface area contributed by atoms with E-state index in [1.54, 1.807) is 0 Å². The standard InChI is InChI=1S/C17H13BrNO/c18-17-10-14-8-4-5-9-15(14)11-19(17)12-16(20)13-6-2-1-3-7-13/h1-11H,12H2/q+1. The van der Waals surface area contributed by atoms with Crippen LogP contribution in [0.4, 0.5) is 0 Å². The molecule has 0 amide bonds. The highest BCUT2D eigenvalue weighted by Gasteiger charge is 2.16. The minimum absolute atomic E-state index is 0.103. The van der Waals surface area contributed by atoms with E-state index in [1.165, 1.54) is 0 Å². The van der Waals surface area contributed by atoms with E-state index in [0.717, 1.165) is 20.9 Å². The molecule has 3 heteroatoms. The van der Waals surface area contributed by atoms with E-state index in [1.807, 2.05) is 65.4 Å². The van der Waals surface area contributed by atoms with Gasteiger partial charge in [0.15, 0.2) is 6.20 Å². The molecule has 2 aromatic carbocycles. The summed E-state index contributed by atoms with van der Waals surface area (Å²) < 4.78 is 2.83. The van der Waals surface area contributed by atoms with Gasteiger partial charge in [0.25, 0.3) is 0 Å². The minimum Gasteiger partial charge on any atom is -0.287 e. The van der Waals surface area contributed by atoms with Crippen molar-refractivity contribution in [2.75, 3.05) is 0 Å². The zero-order valence-electron chi connectivity index (χ0n) is 10.8. The first-order chi connectivity index (χ1) is 9.74. The average Bonchev–Trinajstić information content (AvgIpc) is 2.49. The fraction of sp³-hybridized carbons (Fsp3) is 0.0588. The van der Waals surface area contributed by atoms with Crippen LogP contribution in [0, 0.1) is 0 Å². The Morgan fingerprint density at radius 3 is 2.35 bits per heavy atom. The molecular weight excluding hydrogens is 314 g/mol. The van der Waals surface area contributed by atoms with Gasteiger partial charge in [0, 0.05) is 32.9 Å². The maximum absolute atomic E-state index is 12.3. The van der Waals surface area contributed by atoms with Crippen molar-refractivity contribution in [3.05, 3.63) is 77.0 Å². The van der Waals surface area contributed by atoms with Gasteiger partial charge in [0.1, 0.15) is 0 Å². The highest BCUT2D eigenvalue weighted by molar-refractivity contribution is 9.10. The summed E-state index contributed by atoms with van der Waals surface area (Å²) >= 11 is 3.53. The molecule has 98 valence electrons. The smallest absolute Gasteiger partial charge is 0.248 e. The summed E-state index contributed by atoms with van der Waals surface area (Å²) in [4.78, 5) is 12.3. The molecule has 0 atom stereocenters. The number of rotatable bonds is 3. The van der Waals surface area contributed by atoms with Gasteiger partial charge < -0.3 is 0 Å². The number of pyridine rings is 1. The number of carbonyl (C=O) groups excluding carboxylic acids is 1. The lowest BCUT2D eigenvalue weighted by Crippen LogP contribution is -2.39. The van der Waals surface area contributed by atoms with Crippen molar-refractivity contribution in [2.24, 2.45) is 0 Å². The molecule has 0 saturated heterocycles. The van der Waals surface area contributed by atoms with Gasteiger partial charge in [-0.25, -0.2) is 0 Å². The summed E-state index contributed by atoms with van der Waals surface area (Å²) in [6, 6.07) is 19.5. The first-order valence-corrected chi connectivity index (χ1v) is 7.19. The molecule has 0 aliphatic heterocycles. The topological polar surface area (TPSA) is 20.9 Å². The van der Waals surface area contributed by atoms with Gasteiger partial charge in [-0.2, -0.15) is 4.57 Å².